The van der Waals surface area contributed by atoms with E-state index < -0.39 is 22.0 Å². The molecular formula is C17H18F3N5O2S. The highest BCUT2D eigenvalue weighted by atomic mass is 32.2. The SMILES string of the molecule is Cc1nc(C2CCCN(S(=O)(=O)CC(F)(F)F)C2)c2c(cnc3[nH]ccc32)n1. The number of aromatic amines is 1. The Morgan fingerprint density at radius 1 is 1.32 bits per heavy atom. The molecule has 3 aromatic heterocycles. The lowest BCUT2D eigenvalue weighted by atomic mass is 9.92. The molecule has 0 bridgehead atoms. The van der Waals surface area contributed by atoms with Gasteiger partial charge in [0.05, 0.1) is 17.4 Å². The van der Waals surface area contributed by atoms with E-state index in [-0.39, 0.29) is 19.0 Å². The highest BCUT2D eigenvalue weighted by Gasteiger charge is 2.40. The van der Waals surface area contributed by atoms with Crippen molar-refractivity contribution in [2.45, 2.75) is 31.9 Å². The molecule has 4 rings (SSSR count). The lowest BCUT2D eigenvalue weighted by molar-refractivity contribution is -0.107. The van der Waals surface area contributed by atoms with Crippen molar-refractivity contribution >= 4 is 32.0 Å². The van der Waals surface area contributed by atoms with Gasteiger partial charge in [-0.2, -0.15) is 13.2 Å². The van der Waals surface area contributed by atoms with E-state index in [1.165, 1.54) is 0 Å². The second-order valence-electron chi connectivity index (χ2n) is 6.98. The number of piperidine rings is 1. The van der Waals surface area contributed by atoms with Crippen LogP contribution in [0.25, 0.3) is 21.9 Å². The van der Waals surface area contributed by atoms with Crippen LogP contribution in [0.4, 0.5) is 13.2 Å². The monoisotopic (exact) mass is 413 g/mol. The fourth-order valence-electron chi connectivity index (χ4n) is 3.79. The van der Waals surface area contributed by atoms with Crippen molar-refractivity contribution in [3.8, 4) is 0 Å². The molecule has 3 aromatic rings. The molecule has 0 saturated carbocycles. The van der Waals surface area contributed by atoms with Gasteiger partial charge in [-0.3, -0.25) is 0 Å². The highest BCUT2D eigenvalue weighted by molar-refractivity contribution is 7.89. The third kappa shape index (κ3) is 3.55. The Morgan fingerprint density at radius 3 is 2.86 bits per heavy atom. The zero-order valence-corrected chi connectivity index (χ0v) is 15.8. The van der Waals surface area contributed by atoms with Gasteiger partial charge in [0, 0.05) is 36.0 Å². The van der Waals surface area contributed by atoms with Crippen molar-refractivity contribution in [1.29, 1.82) is 0 Å². The number of hydrogen-bond acceptors (Lipinski definition) is 5. The van der Waals surface area contributed by atoms with E-state index in [0.29, 0.717) is 35.5 Å². The first-order chi connectivity index (χ1) is 13.1. The summed E-state index contributed by atoms with van der Waals surface area (Å²) in [5.41, 5.74) is 1.94. The average molecular weight is 413 g/mol. The van der Waals surface area contributed by atoms with Crippen molar-refractivity contribution in [3.05, 3.63) is 30.0 Å². The van der Waals surface area contributed by atoms with Gasteiger partial charge in [0.2, 0.25) is 10.0 Å². The summed E-state index contributed by atoms with van der Waals surface area (Å²) in [5.74, 6) is -1.65. The van der Waals surface area contributed by atoms with Crippen molar-refractivity contribution in [1.82, 2.24) is 24.2 Å². The van der Waals surface area contributed by atoms with Gasteiger partial charge in [-0.15, -0.1) is 0 Å². The van der Waals surface area contributed by atoms with Gasteiger partial charge in [0.15, 0.2) is 5.75 Å². The maximum absolute atomic E-state index is 12.7. The van der Waals surface area contributed by atoms with Gasteiger partial charge >= 0.3 is 6.18 Å². The number of nitrogens with one attached hydrogen (secondary N) is 1. The maximum Gasteiger partial charge on any atom is 0.404 e. The lowest BCUT2D eigenvalue weighted by Crippen LogP contribution is -2.43. The molecule has 1 aliphatic rings. The summed E-state index contributed by atoms with van der Waals surface area (Å²) in [6.07, 6.45) is -0.312. The Balaban J connectivity index is 1.77. The molecule has 7 nitrogen and oxygen atoms in total. The topological polar surface area (TPSA) is 91.8 Å². The van der Waals surface area contributed by atoms with Crippen LogP contribution in [0.2, 0.25) is 0 Å². The summed E-state index contributed by atoms with van der Waals surface area (Å²) in [6.45, 7) is 1.78. The smallest absolute Gasteiger partial charge is 0.346 e. The summed E-state index contributed by atoms with van der Waals surface area (Å²) < 4.78 is 63.5. The molecule has 1 unspecified atom stereocenters. The molecule has 0 amide bonds. The van der Waals surface area contributed by atoms with Crippen LogP contribution in [-0.2, 0) is 10.0 Å². The van der Waals surface area contributed by atoms with Gasteiger partial charge in [0.25, 0.3) is 0 Å². The molecule has 0 aliphatic carbocycles. The summed E-state index contributed by atoms with van der Waals surface area (Å²) >= 11 is 0. The molecule has 11 heteroatoms. The number of hydrogen-bond donors (Lipinski definition) is 1. The van der Waals surface area contributed by atoms with Crippen LogP contribution in [0, 0.1) is 6.92 Å². The minimum atomic E-state index is -4.77. The molecule has 28 heavy (non-hydrogen) atoms. The Hall–Kier alpha value is -2.27. The number of H-pyrrole nitrogens is 1. The zero-order chi connectivity index (χ0) is 20.1. The van der Waals surface area contributed by atoms with E-state index in [4.69, 9.17) is 0 Å². The summed E-state index contributed by atoms with van der Waals surface area (Å²) in [7, 11) is -4.43. The number of nitrogens with zero attached hydrogens (tertiary/aromatic N) is 4. The quantitative estimate of drug-likeness (QED) is 0.713. The van der Waals surface area contributed by atoms with Gasteiger partial charge in [-0.05, 0) is 25.8 Å². The van der Waals surface area contributed by atoms with E-state index in [9.17, 15) is 21.6 Å². The standard InChI is InChI=1S/C17H18F3N5O2S/c1-10-23-13-7-22-16-12(4-5-21-16)14(13)15(24-10)11-3-2-6-25(8-11)28(26,27)9-17(18,19)20/h4-5,7,11H,2-3,6,8-9H2,1H3,(H,21,22). The van der Waals surface area contributed by atoms with E-state index in [1.54, 1.807) is 19.3 Å². The number of sulfonamides is 1. The molecule has 1 fully saturated rings. The second-order valence-corrected chi connectivity index (χ2v) is 8.95. The molecule has 1 atom stereocenters. The first-order valence-electron chi connectivity index (χ1n) is 8.79. The van der Waals surface area contributed by atoms with Gasteiger partial charge in [-0.1, -0.05) is 0 Å². The first kappa shape index (κ1) is 19.1. The molecule has 1 saturated heterocycles. The molecule has 150 valence electrons. The number of pyridine rings is 1. The number of rotatable bonds is 3. The molecule has 4 heterocycles. The van der Waals surface area contributed by atoms with Crippen molar-refractivity contribution < 1.29 is 21.6 Å². The molecule has 0 spiro atoms. The Labute approximate surface area is 159 Å². The third-order valence-corrected chi connectivity index (χ3v) is 6.71. The fourth-order valence-corrected chi connectivity index (χ4v) is 5.20. The van der Waals surface area contributed by atoms with E-state index in [1.807, 2.05) is 6.07 Å². The predicted octanol–water partition coefficient (Wildman–Crippen LogP) is 2.89. The average Bonchev–Trinajstić information content (AvgIpc) is 3.07. The highest BCUT2D eigenvalue weighted by Crippen LogP contribution is 2.35. The molecular weight excluding hydrogens is 395 g/mol. The third-order valence-electron chi connectivity index (χ3n) is 4.90. The van der Waals surface area contributed by atoms with Gasteiger partial charge < -0.3 is 4.98 Å². The van der Waals surface area contributed by atoms with E-state index in [0.717, 1.165) is 15.1 Å². The van der Waals surface area contributed by atoms with Crippen molar-refractivity contribution in [2.75, 3.05) is 18.8 Å². The van der Waals surface area contributed by atoms with Gasteiger partial charge in [0.1, 0.15) is 11.5 Å². The molecule has 0 radical (unpaired) electrons. The molecule has 1 N–H and O–H groups in total. The first-order valence-corrected chi connectivity index (χ1v) is 10.4. The number of fused-ring (bicyclic) bond motifs is 3. The van der Waals surface area contributed by atoms with Crippen LogP contribution in [-0.4, -0.2) is 57.7 Å². The number of aromatic nitrogens is 4. The number of alkyl halides is 3. The number of aryl methyl sites for hydroxylation is 1. The Kier molecular flexibility index (Phi) is 4.53. The van der Waals surface area contributed by atoms with E-state index >= 15 is 0 Å². The second kappa shape index (κ2) is 6.66. The predicted molar refractivity (Wildman–Crippen MR) is 97.3 cm³/mol. The van der Waals surface area contributed by atoms with Crippen LogP contribution in [0.15, 0.2) is 18.5 Å². The maximum atomic E-state index is 12.7. The normalized spacial score (nSPS) is 19.5. The minimum absolute atomic E-state index is 0.0296. The Bertz CT molecular complexity index is 1140. The largest absolute Gasteiger partial charge is 0.404 e. The van der Waals surface area contributed by atoms with Crippen molar-refractivity contribution in [2.24, 2.45) is 0 Å². The zero-order valence-electron chi connectivity index (χ0n) is 15.0. The summed E-state index contributed by atoms with van der Waals surface area (Å²) in [5, 5.41) is 1.57. The van der Waals surface area contributed by atoms with E-state index in [2.05, 4.69) is 19.9 Å². The fraction of sp³-hybridized carbons (Fsp3) is 0.471. The van der Waals surface area contributed by atoms with Crippen LogP contribution in [0.3, 0.4) is 0 Å². The Morgan fingerprint density at radius 2 is 2.11 bits per heavy atom. The van der Waals surface area contributed by atoms with Crippen LogP contribution in [0.5, 0.6) is 0 Å². The van der Waals surface area contributed by atoms with Crippen molar-refractivity contribution in [3.63, 3.8) is 0 Å². The molecule has 0 aromatic carbocycles. The van der Waals surface area contributed by atoms with Crippen LogP contribution < -0.4 is 0 Å². The summed E-state index contributed by atoms with van der Waals surface area (Å²) in [4.78, 5) is 16.3. The number of halogens is 3. The van der Waals surface area contributed by atoms with Crippen LogP contribution >= 0.6 is 0 Å². The molecule has 1 aliphatic heterocycles. The van der Waals surface area contributed by atoms with Gasteiger partial charge in [-0.25, -0.2) is 27.7 Å². The minimum Gasteiger partial charge on any atom is -0.346 e. The lowest BCUT2D eigenvalue weighted by Gasteiger charge is -2.32. The van der Waals surface area contributed by atoms with Crippen LogP contribution in [0.1, 0.15) is 30.3 Å². The summed E-state index contributed by atoms with van der Waals surface area (Å²) in [6, 6.07) is 1.84.